The van der Waals surface area contributed by atoms with Gasteiger partial charge in [-0.15, -0.1) is 0 Å². The van der Waals surface area contributed by atoms with Crippen LogP contribution in [0.5, 0.6) is 11.5 Å². The van der Waals surface area contributed by atoms with Crippen molar-refractivity contribution in [2.45, 2.75) is 13.0 Å². The fourth-order valence-corrected chi connectivity index (χ4v) is 1.83. The minimum Gasteiger partial charge on any atom is -0.457 e. The maximum atomic E-state index is 11.8. The monoisotopic (exact) mass is 301 g/mol. The molecule has 1 atom stereocenters. The third-order valence-corrected chi connectivity index (χ3v) is 2.79. The number of carbonyl (C=O) groups excluding carboxylic acids is 1. The molecule has 1 aromatic heterocycles. The van der Waals surface area contributed by atoms with Gasteiger partial charge in [0.15, 0.2) is 0 Å². The van der Waals surface area contributed by atoms with Crippen LogP contribution in [-0.4, -0.2) is 30.8 Å². The van der Waals surface area contributed by atoms with Crippen molar-refractivity contribution >= 4 is 11.7 Å². The molecule has 6 heteroatoms. The first kappa shape index (κ1) is 15.8. The lowest BCUT2D eigenvalue weighted by molar-refractivity contribution is 0.173. The molecule has 0 radical (unpaired) electrons. The Hall–Kier alpha value is -2.60. The summed E-state index contributed by atoms with van der Waals surface area (Å²) in [5.74, 6) is 1.40. The first-order valence-electron chi connectivity index (χ1n) is 6.92. The largest absolute Gasteiger partial charge is 0.457 e. The van der Waals surface area contributed by atoms with E-state index in [1.54, 1.807) is 55.9 Å². The number of nitrogens with one attached hydrogen (secondary N) is 2. The van der Waals surface area contributed by atoms with E-state index in [-0.39, 0.29) is 12.1 Å². The van der Waals surface area contributed by atoms with Crippen LogP contribution in [0.2, 0.25) is 0 Å². The van der Waals surface area contributed by atoms with Gasteiger partial charge in [0.25, 0.3) is 0 Å². The summed E-state index contributed by atoms with van der Waals surface area (Å²) in [6.07, 6.45) is 3.33. The van der Waals surface area contributed by atoms with Crippen molar-refractivity contribution in [3.8, 4) is 11.5 Å². The molecule has 1 heterocycles. The number of pyridine rings is 1. The van der Waals surface area contributed by atoms with Gasteiger partial charge < -0.3 is 20.1 Å². The Balaban J connectivity index is 1.88. The maximum Gasteiger partial charge on any atom is 0.319 e. The number of carbonyl (C=O) groups is 1. The number of rotatable bonds is 6. The molecular formula is C16H19N3O3. The van der Waals surface area contributed by atoms with Crippen molar-refractivity contribution in [3.63, 3.8) is 0 Å². The second-order valence-electron chi connectivity index (χ2n) is 4.76. The normalized spacial score (nSPS) is 11.5. The molecule has 6 nitrogen and oxygen atoms in total. The number of methoxy groups -OCH3 is 1. The number of benzene rings is 1. The summed E-state index contributed by atoms with van der Waals surface area (Å²) in [7, 11) is 1.59. The highest BCUT2D eigenvalue weighted by Crippen LogP contribution is 2.22. The Bertz CT molecular complexity index is 587. The van der Waals surface area contributed by atoms with Crippen molar-refractivity contribution in [1.82, 2.24) is 10.3 Å². The highest BCUT2D eigenvalue weighted by atomic mass is 16.5. The zero-order chi connectivity index (χ0) is 15.8. The van der Waals surface area contributed by atoms with Gasteiger partial charge in [-0.1, -0.05) is 0 Å². The SMILES string of the molecule is COCC(C)NC(=O)Nc1ccc(Oc2ccncc2)cc1. The summed E-state index contributed by atoms with van der Waals surface area (Å²) in [6.45, 7) is 2.33. The zero-order valence-electron chi connectivity index (χ0n) is 12.6. The molecule has 2 amide bonds. The van der Waals surface area contributed by atoms with E-state index < -0.39 is 0 Å². The number of hydrogen-bond donors (Lipinski definition) is 2. The first-order chi connectivity index (χ1) is 10.7. The first-order valence-corrected chi connectivity index (χ1v) is 6.92. The number of amides is 2. The Kier molecular flexibility index (Phi) is 5.73. The molecule has 1 unspecified atom stereocenters. The summed E-state index contributed by atoms with van der Waals surface area (Å²) in [5, 5.41) is 5.52. The molecule has 0 aliphatic rings. The maximum absolute atomic E-state index is 11.8. The number of anilines is 1. The van der Waals surface area contributed by atoms with Gasteiger partial charge >= 0.3 is 6.03 Å². The minimum atomic E-state index is -0.271. The molecule has 22 heavy (non-hydrogen) atoms. The Morgan fingerprint density at radius 2 is 1.77 bits per heavy atom. The van der Waals surface area contributed by atoms with Gasteiger partial charge in [-0.2, -0.15) is 0 Å². The van der Waals surface area contributed by atoms with Crippen LogP contribution in [0.25, 0.3) is 0 Å². The van der Waals surface area contributed by atoms with Gasteiger partial charge in [-0.05, 0) is 43.3 Å². The van der Waals surface area contributed by atoms with Crippen molar-refractivity contribution in [2.75, 3.05) is 19.0 Å². The van der Waals surface area contributed by atoms with Gasteiger partial charge in [-0.25, -0.2) is 4.79 Å². The average Bonchev–Trinajstić information content (AvgIpc) is 2.50. The number of nitrogens with zero attached hydrogens (tertiary/aromatic N) is 1. The molecule has 0 aliphatic heterocycles. The van der Waals surface area contributed by atoms with Gasteiger partial charge in [0, 0.05) is 25.2 Å². The number of ether oxygens (including phenoxy) is 2. The van der Waals surface area contributed by atoms with Crippen molar-refractivity contribution in [3.05, 3.63) is 48.8 Å². The summed E-state index contributed by atoms with van der Waals surface area (Å²) in [5.41, 5.74) is 0.684. The second kappa shape index (κ2) is 7.99. The molecule has 0 fully saturated rings. The van der Waals surface area contributed by atoms with Crippen molar-refractivity contribution in [2.24, 2.45) is 0 Å². The molecule has 0 saturated heterocycles. The summed E-state index contributed by atoms with van der Waals surface area (Å²) in [4.78, 5) is 15.7. The number of urea groups is 1. The van der Waals surface area contributed by atoms with E-state index in [1.807, 2.05) is 6.92 Å². The fourth-order valence-electron chi connectivity index (χ4n) is 1.83. The van der Waals surface area contributed by atoms with E-state index >= 15 is 0 Å². The quantitative estimate of drug-likeness (QED) is 0.860. The number of hydrogen-bond acceptors (Lipinski definition) is 4. The zero-order valence-corrected chi connectivity index (χ0v) is 12.6. The van der Waals surface area contributed by atoms with Crippen LogP contribution in [0.4, 0.5) is 10.5 Å². The van der Waals surface area contributed by atoms with E-state index in [0.29, 0.717) is 23.8 Å². The molecule has 2 rings (SSSR count). The lowest BCUT2D eigenvalue weighted by Crippen LogP contribution is -2.38. The third kappa shape index (κ3) is 5.06. The Morgan fingerprint density at radius 3 is 2.41 bits per heavy atom. The lowest BCUT2D eigenvalue weighted by Gasteiger charge is -2.13. The summed E-state index contributed by atoms with van der Waals surface area (Å²) >= 11 is 0. The molecular weight excluding hydrogens is 282 g/mol. The standard InChI is InChI=1S/C16H19N3O3/c1-12(11-21-2)18-16(20)19-13-3-5-14(6-4-13)22-15-7-9-17-10-8-15/h3-10,12H,11H2,1-2H3,(H2,18,19,20). The molecule has 2 aromatic rings. The van der Waals surface area contributed by atoms with Crippen LogP contribution in [0, 0.1) is 0 Å². The van der Waals surface area contributed by atoms with E-state index in [9.17, 15) is 4.79 Å². The molecule has 116 valence electrons. The van der Waals surface area contributed by atoms with Crippen LogP contribution in [0.3, 0.4) is 0 Å². The molecule has 1 aromatic carbocycles. The smallest absolute Gasteiger partial charge is 0.319 e. The molecule has 0 spiro atoms. The number of aromatic nitrogens is 1. The summed E-state index contributed by atoms with van der Waals surface area (Å²) in [6, 6.07) is 10.3. The molecule has 2 N–H and O–H groups in total. The Morgan fingerprint density at radius 1 is 1.14 bits per heavy atom. The van der Waals surface area contributed by atoms with Crippen LogP contribution >= 0.6 is 0 Å². The lowest BCUT2D eigenvalue weighted by atomic mass is 10.3. The minimum absolute atomic E-state index is 0.0562. The van der Waals surface area contributed by atoms with E-state index in [2.05, 4.69) is 15.6 Å². The Labute approximate surface area is 129 Å². The summed E-state index contributed by atoms with van der Waals surface area (Å²) < 4.78 is 10.6. The van der Waals surface area contributed by atoms with Gasteiger partial charge in [-0.3, -0.25) is 4.98 Å². The second-order valence-corrected chi connectivity index (χ2v) is 4.76. The molecule has 0 saturated carbocycles. The van der Waals surface area contributed by atoms with Crippen LogP contribution in [0.15, 0.2) is 48.8 Å². The highest BCUT2D eigenvalue weighted by molar-refractivity contribution is 5.89. The highest BCUT2D eigenvalue weighted by Gasteiger charge is 2.07. The van der Waals surface area contributed by atoms with Gasteiger partial charge in [0.1, 0.15) is 11.5 Å². The third-order valence-electron chi connectivity index (χ3n) is 2.79. The predicted molar refractivity (Wildman–Crippen MR) is 84.2 cm³/mol. The fraction of sp³-hybridized carbons (Fsp3) is 0.250. The van der Waals surface area contributed by atoms with Gasteiger partial charge in [0.05, 0.1) is 12.6 Å². The topological polar surface area (TPSA) is 72.5 Å². The average molecular weight is 301 g/mol. The predicted octanol–water partition coefficient (Wildman–Crippen LogP) is 3.03. The molecule has 0 bridgehead atoms. The molecule has 0 aliphatic carbocycles. The van der Waals surface area contributed by atoms with Crippen LogP contribution in [-0.2, 0) is 4.74 Å². The van der Waals surface area contributed by atoms with E-state index in [4.69, 9.17) is 9.47 Å². The van der Waals surface area contributed by atoms with Gasteiger partial charge in [0.2, 0.25) is 0 Å². The van der Waals surface area contributed by atoms with E-state index in [1.165, 1.54) is 0 Å². The van der Waals surface area contributed by atoms with Crippen LogP contribution < -0.4 is 15.4 Å². The van der Waals surface area contributed by atoms with Crippen molar-refractivity contribution in [1.29, 1.82) is 0 Å². The van der Waals surface area contributed by atoms with E-state index in [0.717, 1.165) is 0 Å². The van der Waals surface area contributed by atoms with Crippen molar-refractivity contribution < 1.29 is 14.3 Å². The van der Waals surface area contributed by atoms with Crippen LogP contribution in [0.1, 0.15) is 6.92 Å².